The van der Waals surface area contributed by atoms with Crippen LogP contribution in [0.3, 0.4) is 0 Å². The Balaban J connectivity index is 2.05. The lowest BCUT2D eigenvalue weighted by Gasteiger charge is -2.23. The minimum absolute atomic E-state index is 0.221. The first kappa shape index (κ1) is 13.7. The van der Waals surface area contributed by atoms with Gasteiger partial charge in [-0.25, -0.2) is 4.39 Å². The van der Waals surface area contributed by atoms with E-state index < -0.39 is 0 Å². The number of likely N-dealkylation sites (tertiary alicyclic amines) is 1. The van der Waals surface area contributed by atoms with E-state index in [4.69, 9.17) is 0 Å². The maximum absolute atomic E-state index is 13.3. The molecule has 1 unspecified atom stereocenters. The fourth-order valence-electron chi connectivity index (χ4n) is 2.60. The fraction of sp³-hybridized carbons (Fsp3) is 0.500. The number of hydrogen-bond donors (Lipinski definition) is 0. The minimum Gasteiger partial charge on any atom is -0.300 e. The molecule has 1 aromatic rings. The zero-order valence-electron chi connectivity index (χ0n) is 10.5. The van der Waals surface area contributed by atoms with Crippen LogP contribution in [0.15, 0.2) is 22.7 Å². The molecule has 0 radical (unpaired) electrons. The second kappa shape index (κ2) is 5.93. The summed E-state index contributed by atoms with van der Waals surface area (Å²) < 4.78 is 14.1. The van der Waals surface area contributed by atoms with Gasteiger partial charge in [0.15, 0.2) is 0 Å². The van der Waals surface area contributed by atoms with Gasteiger partial charge in [0.2, 0.25) is 0 Å². The van der Waals surface area contributed by atoms with Crippen molar-refractivity contribution >= 4 is 21.7 Å². The van der Waals surface area contributed by atoms with E-state index in [-0.39, 0.29) is 11.6 Å². The van der Waals surface area contributed by atoms with Crippen molar-refractivity contribution in [3.8, 4) is 0 Å². The number of benzene rings is 1. The molecule has 0 saturated carbocycles. The number of rotatable bonds is 4. The van der Waals surface area contributed by atoms with Crippen molar-refractivity contribution in [2.45, 2.75) is 38.8 Å². The van der Waals surface area contributed by atoms with Gasteiger partial charge in [-0.3, -0.25) is 9.69 Å². The first-order chi connectivity index (χ1) is 8.54. The van der Waals surface area contributed by atoms with Crippen molar-refractivity contribution < 1.29 is 9.18 Å². The largest absolute Gasteiger partial charge is 0.300 e. The van der Waals surface area contributed by atoms with E-state index in [2.05, 4.69) is 20.8 Å². The third kappa shape index (κ3) is 3.62. The normalized spacial score (nSPS) is 20.3. The maximum atomic E-state index is 13.3. The maximum Gasteiger partial charge on any atom is 0.131 e. The Morgan fingerprint density at radius 1 is 1.50 bits per heavy atom. The van der Waals surface area contributed by atoms with Crippen LogP contribution in [0.25, 0.3) is 0 Å². The van der Waals surface area contributed by atoms with Gasteiger partial charge in [-0.1, -0.05) is 15.9 Å². The lowest BCUT2D eigenvalue weighted by molar-refractivity contribution is -0.118. The van der Waals surface area contributed by atoms with Gasteiger partial charge in [-0.15, -0.1) is 0 Å². The van der Waals surface area contributed by atoms with Crippen molar-refractivity contribution in [1.82, 2.24) is 4.90 Å². The molecule has 0 spiro atoms. The summed E-state index contributed by atoms with van der Waals surface area (Å²) in [5.41, 5.74) is 0.956. The first-order valence-electron chi connectivity index (χ1n) is 6.23. The average Bonchev–Trinajstić information content (AvgIpc) is 2.63. The molecular formula is C14H17BrFNO. The van der Waals surface area contributed by atoms with Crippen LogP contribution >= 0.6 is 15.9 Å². The van der Waals surface area contributed by atoms with Crippen LogP contribution in [0.1, 0.15) is 31.7 Å². The highest BCUT2D eigenvalue weighted by Gasteiger charge is 2.25. The molecule has 18 heavy (non-hydrogen) atoms. The zero-order valence-corrected chi connectivity index (χ0v) is 12.0. The van der Waals surface area contributed by atoms with Gasteiger partial charge in [0.1, 0.15) is 11.6 Å². The predicted octanol–water partition coefficient (Wildman–Crippen LogP) is 3.53. The molecule has 4 heteroatoms. The Bertz CT molecular complexity index is 429. The Hall–Kier alpha value is -0.740. The highest BCUT2D eigenvalue weighted by molar-refractivity contribution is 9.10. The smallest absolute Gasteiger partial charge is 0.131 e. The van der Waals surface area contributed by atoms with Crippen LogP contribution in [0.4, 0.5) is 4.39 Å². The molecule has 2 nitrogen and oxygen atoms in total. The van der Waals surface area contributed by atoms with Crippen LogP contribution in [0.5, 0.6) is 0 Å². The summed E-state index contributed by atoms with van der Waals surface area (Å²) in [7, 11) is 0. The van der Waals surface area contributed by atoms with Crippen molar-refractivity contribution in [3.63, 3.8) is 0 Å². The predicted molar refractivity (Wildman–Crippen MR) is 72.8 cm³/mol. The van der Waals surface area contributed by atoms with Crippen LogP contribution in [0.2, 0.25) is 0 Å². The summed E-state index contributed by atoms with van der Waals surface area (Å²) in [5.74, 6) is 0.00835. The molecule has 0 aliphatic carbocycles. The van der Waals surface area contributed by atoms with E-state index in [1.165, 1.54) is 6.07 Å². The molecule has 98 valence electrons. The molecule has 1 aromatic carbocycles. The molecule has 2 rings (SSSR count). The third-order valence-corrected chi connectivity index (χ3v) is 3.79. The summed E-state index contributed by atoms with van der Waals surface area (Å²) in [4.78, 5) is 13.5. The summed E-state index contributed by atoms with van der Waals surface area (Å²) in [5, 5.41) is 0. The molecule has 1 saturated heterocycles. The monoisotopic (exact) mass is 313 g/mol. The van der Waals surface area contributed by atoms with E-state index in [0.717, 1.165) is 29.4 Å². The van der Waals surface area contributed by atoms with Gasteiger partial charge in [0.25, 0.3) is 0 Å². The number of carbonyl (C=O) groups is 1. The topological polar surface area (TPSA) is 20.3 Å². The molecule has 1 aliphatic rings. The fourth-order valence-corrected chi connectivity index (χ4v) is 3.12. The third-order valence-electron chi connectivity index (χ3n) is 3.33. The van der Waals surface area contributed by atoms with Crippen LogP contribution < -0.4 is 0 Å². The number of nitrogens with zero attached hydrogens (tertiary/aromatic N) is 1. The molecule has 0 amide bonds. The number of carbonyl (C=O) groups excluding carboxylic acids is 1. The number of ketones is 1. The zero-order chi connectivity index (χ0) is 13.1. The van der Waals surface area contributed by atoms with Gasteiger partial charge in [-0.05, 0) is 50.1 Å². The lowest BCUT2D eigenvalue weighted by Crippen LogP contribution is -2.30. The molecule has 0 bridgehead atoms. The van der Waals surface area contributed by atoms with E-state index in [0.29, 0.717) is 19.0 Å². The molecule has 1 heterocycles. The van der Waals surface area contributed by atoms with Crippen molar-refractivity contribution in [1.29, 1.82) is 0 Å². The average molecular weight is 314 g/mol. The first-order valence-corrected chi connectivity index (χ1v) is 7.02. The molecule has 0 N–H and O–H groups in total. The molecule has 1 atom stereocenters. The summed E-state index contributed by atoms with van der Waals surface area (Å²) >= 11 is 3.31. The second-order valence-electron chi connectivity index (χ2n) is 4.95. The summed E-state index contributed by atoms with van der Waals surface area (Å²) in [6, 6.07) is 5.28. The van der Waals surface area contributed by atoms with E-state index in [1.54, 1.807) is 13.0 Å². The summed E-state index contributed by atoms with van der Waals surface area (Å²) in [6.07, 6.45) is 2.79. The highest BCUT2D eigenvalue weighted by atomic mass is 79.9. The Labute approximate surface area is 115 Å². The Kier molecular flexibility index (Phi) is 4.51. The Morgan fingerprint density at radius 3 is 2.94 bits per heavy atom. The van der Waals surface area contributed by atoms with E-state index >= 15 is 0 Å². The number of hydrogen-bond acceptors (Lipinski definition) is 2. The number of Topliss-reactive ketones (excluding diaryl/α,β-unsaturated/α-hetero) is 1. The molecule has 1 fully saturated rings. The molecule has 1 aliphatic heterocycles. The van der Waals surface area contributed by atoms with Crippen molar-refractivity contribution in [2.75, 3.05) is 6.54 Å². The standard InChI is InChI=1S/C14H17BrFNO/c1-10(18)5-14-3-2-4-17(14)9-11-6-12(15)8-13(16)7-11/h6-8,14H,2-5,9H2,1H3. The van der Waals surface area contributed by atoms with Crippen molar-refractivity contribution in [2.24, 2.45) is 0 Å². The Morgan fingerprint density at radius 2 is 2.28 bits per heavy atom. The van der Waals surface area contributed by atoms with Crippen LogP contribution in [-0.2, 0) is 11.3 Å². The summed E-state index contributed by atoms with van der Waals surface area (Å²) in [6.45, 7) is 3.34. The van der Waals surface area contributed by atoms with E-state index in [9.17, 15) is 9.18 Å². The van der Waals surface area contributed by atoms with Gasteiger partial charge < -0.3 is 0 Å². The van der Waals surface area contributed by atoms with E-state index in [1.807, 2.05) is 6.07 Å². The van der Waals surface area contributed by atoms with Gasteiger partial charge in [0, 0.05) is 23.5 Å². The minimum atomic E-state index is -0.221. The molecular weight excluding hydrogens is 297 g/mol. The number of halogens is 2. The van der Waals surface area contributed by atoms with Crippen molar-refractivity contribution in [3.05, 3.63) is 34.1 Å². The van der Waals surface area contributed by atoms with Crippen LogP contribution in [-0.4, -0.2) is 23.3 Å². The lowest BCUT2D eigenvalue weighted by atomic mass is 10.1. The van der Waals surface area contributed by atoms with Gasteiger partial charge in [-0.2, -0.15) is 0 Å². The second-order valence-corrected chi connectivity index (χ2v) is 5.87. The molecule has 0 aromatic heterocycles. The van der Waals surface area contributed by atoms with Gasteiger partial charge in [0.05, 0.1) is 0 Å². The highest BCUT2D eigenvalue weighted by Crippen LogP contribution is 2.24. The SMILES string of the molecule is CC(=O)CC1CCCN1Cc1cc(F)cc(Br)c1. The van der Waals surface area contributed by atoms with Crippen LogP contribution in [0, 0.1) is 5.82 Å². The quantitative estimate of drug-likeness (QED) is 0.847. The van der Waals surface area contributed by atoms with Gasteiger partial charge >= 0.3 is 0 Å².